The molecule has 15 heavy (non-hydrogen) atoms. The molecule has 1 aromatic rings. The van der Waals surface area contributed by atoms with Gasteiger partial charge < -0.3 is 14.5 Å². The van der Waals surface area contributed by atoms with Gasteiger partial charge in [0.15, 0.2) is 0 Å². The molecule has 0 amide bonds. The standard InChI is InChI=1S/C11H16N2O2/c1-2-4-10-8(3-1)13-11(15-10)9-7-14-6-5-12-9/h9,12H,1-7H2. The Morgan fingerprint density at radius 1 is 1.27 bits per heavy atom. The van der Waals surface area contributed by atoms with Crippen LogP contribution in [0.3, 0.4) is 0 Å². The summed E-state index contributed by atoms with van der Waals surface area (Å²) in [5, 5.41) is 3.36. The van der Waals surface area contributed by atoms with Crippen LogP contribution in [0.4, 0.5) is 0 Å². The smallest absolute Gasteiger partial charge is 0.214 e. The highest BCUT2D eigenvalue weighted by atomic mass is 16.5. The molecule has 1 atom stereocenters. The van der Waals surface area contributed by atoms with Crippen LogP contribution in [0.25, 0.3) is 0 Å². The van der Waals surface area contributed by atoms with E-state index in [1.54, 1.807) is 0 Å². The highest BCUT2D eigenvalue weighted by molar-refractivity contribution is 5.14. The number of nitrogens with zero attached hydrogens (tertiary/aromatic N) is 1. The zero-order chi connectivity index (χ0) is 10.1. The Morgan fingerprint density at radius 3 is 3.00 bits per heavy atom. The Bertz CT molecular complexity index is 319. The van der Waals surface area contributed by atoms with Gasteiger partial charge in [0, 0.05) is 13.0 Å². The van der Waals surface area contributed by atoms with Gasteiger partial charge in [-0.1, -0.05) is 0 Å². The SMILES string of the molecule is C1CCc2oc(C3COCCN3)nc2C1. The number of fused-ring (bicyclic) bond motifs is 1. The van der Waals surface area contributed by atoms with E-state index in [0.717, 1.165) is 37.6 Å². The van der Waals surface area contributed by atoms with E-state index in [2.05, 4.69) is 10.3 Å². The molecule has 1 fully saturated rings. The summed E-state index contributed by atoms with van der Waals surface area (Å²) >= 11 is 0. The zero-order valence-electron chi connectivity index (χ0n) is 8.79. The predicted octanol–water partition coefficient (Wildman–Crippen LogP) is 1.21. The van der Waals surface area contributed by atoms with Crippen LogP contribution in [0.15, 0.2) is 4.42 Å². The quantitative estimate of drug-likeness (QED) is 0.753. The third kappa shape index (κ3) is 1.79. The number of aromatic nitrogens is 1. The topological polar surface area (TPSA) is 47.3 Å². The fourth-order valence-electron chi connectivity index (χ4n) is 2.25. The van der Waals surface area contributed by atoms with E-state index in [-0.39, 0.29) is 6.04 Å². The Labute approximate surface area is 89.0 Å². The van der Waals surface area contributed by atoms with E-state index in [4.69, 9.17) is 9.15 Å². The van der Waals surface area contributed by atoms with Crippen molar-refractivity contribution in [2.45, 2.75) is 31.7 Å². The average Bonchev–Trinajstić information content (AvgIpc) is 2.74. The molecule has 2 aliphatic rings. The van der Waals surface area contributed by atoms with Gasteiger partial charge in [0.05, 0.1) is 18.9 Å². The largest absolute Gasteiger partial charge is 0.444 e. The number of hydrogen-bond donors (Lipinski definition) is 1. The van der Waals surface area contributed by atoms with Crippen molar-refractivity contribution in [3.05, 3.63) is 17.3 Å². The lowest BCUT2D eigenvalue weighted by Gasteiger charge is -2.20. The van der Waals surface area contributed by atoms with Crippen molar-refractivity contribution < 1.29 is 9.15 Å². The first-order valence-corrected chi connectivity index (χ1v) is 5.73. The summed E-state index contributed by atoms with van der Waals surface area (Å²) in [6.45, 7) is 2.36. The number of morpholine rings is 1. The van der Waals surface area contributed by atoms with E-state index in [0.29, 0.717) is 6.61 Å². The van der Waals surface area contributed by atoms with E-state index < -0.39 is 0 Å². The summed E-state index contributed by atoms with van der Waals surface area (Å²) in [6, 6.07) is 0.157. The van der Waals surface area contributed by atoms with Gasteiger partial charge in [-0.3, -0.25) is 0 Å². The lowest BCUT2D eigenvalue weighted by Crippen LogP contribution is -2.34. The van der Waals surface area contributed by atoms with Crippen LogP contribution < -0.4 is 5.32 Å². The monoisotopic (exact) mass is 208 g/mol. The minimum Gasteiger partial charge on any atom is -0.444 e. The summed E-state index contributed by atoms with van der Waals surface area (Å²) in [4.78, 5) is 4.57. The van der Waals surface area contributed by atoms with E-state index in [1.165, 1.54) is 18.5 Å². The summed E-state index contributed by atoms with van der Waals surface area (Å²) < 4.78 is 11.2. The van der Waals surface area contributed by atoms with Crippen LogP contribution >= 0.6 is 0 Å². The number of rotatable bonds is 1. The van der Waals surface area contributed by atoms with E-state index in [1.807, 2.05) is 0 Å². The van der Waals surface area contributed by atoms with Gasteiger partial charge in [0.1, 0.15) is 11.8 Å². The van der Waals surface area contributed by atoms with Crippen LogP contribution in [0.1, 0.15) is 36.2 Å². The minimum absolute atomic E-state index is 0.157. The molecule has 1 N–H and O–H groups in total. The maximum atomic E-state index is 5.79. The third-order valence-electron chi connectivity index (χ3n) is 3.08. The Balaban J connectivity index is 1.82. The number of nitrogens with one attached hydrogen (secondary N) is 1. The van der Waals surface area contributed by atoms with Crippen LogP contribution in [0.5, 0.6) is 0 Å². The van der Waals surface area contributed by atoms with E-state index >= 15 is 0 Å². The van der Waals surface area contributed by atoms with Crippen LogP contribution in [-0.4, -0.2) is 24.7 Å². The molecule has 2 heterocycles. The molecule has 0 spiro atoms. The molecular formula is C11H16N2O2. The van der Waals surface area contributed by atoms with E-state index in [9.17, 15) is 0 Å². The van der Waals surface area contributed by atoms with Gasteiger partial charge in [-0.2, -0.15) is 0 Å². The molecule has 0 bridgehead atoms. The first kappa shape index (κ1) is 9.36. The minimum atomic E-state index is 0.157. The lowest BCUT2D eigenvalue weighted by molar-refractivity contribution is 0.0677. The molecule has 0 radical (unpaired) electrons. The number of aryl methyl sites for hydroxylation is 2. The van der Waals surface area contributed by atoms with Crippen molar-refractivity contribution in [3.63, 3.8) is 0 Å². The molecule has 4 nitrogen and oxygen atoms in total. The molecule has 1 unspecified atom stereocenters. The molecule has 1 aromatic heterocycles. The van der Waals surface area contributed by atoms with Crippen molar-refractivity contribution in [1.29, 1.82) is 0 Å². The first-order chi connectivity index (χ1) is 7.43. The fourth-order valence-corrected chi connectivity index (χ4v) is 2.25. The molecule has 0 aromatic carbocycles. The summed E-state index contributed by atoms with van der Waals surface area (Å²) in [5.41, 5.74) is 1.17. The van der Waals surface area contributed by atoms with Gasteiger partial charge in [0.2, 0.25) is 5.89 Å². The number of ether oxygens (including phenoxy) is 1. The Morgan fingerprint density at radius 2 is 2.20 bits per heavy atom. The lowest BCUT2D eigenvalue weighted by atomic mass is 10.0. The van der Waals surface area contributed by atoms with Gasteiger partial charge >= 0.3 is 0 Å². The first-order valence-electron chi connectivity index (χ1n) is 5.73. The van der Waals surface area contributed by atoms with Gasteiger partial charge in [-0.25, -0.2) is 4.98 Å². The Hall–Kier alpha value is -0.870. The second-order valence-electron chi connectivity index (χ2n) is 4.21. The van der Waals surface area contributed by atoms with Crippen molar-refractivity contribution in [2.75, 3.05) is 19.8 Å². The zero-order valence-corrected chi connectivity index (χ0v) is 8.79. The number of oxazole rings is 1. The van der Waals surface area contributed by atoms with Crippen molar-refractivity contribution >= 4 is 0 Å². The second kappa shape index (κ2) is 3.94. The van der Waals surface area contributed by atoms with Gasteiger partial charge in [-0.15, -0.1) is 0 Å². The predicted molar refractivity (Wildman–Crippen MR) is 54.7 cm³/mol. The summed E-state index contributed by atoms with van der Waals surface area (Å²) in [6.07, 6.45) is 4.60. The molecule has 82 valence electrons. The van der Waals surface area contributed by atoms with Gasteiger partial charge in [-0.05, 0) is 19.3 Å². The third-order valence-corrected chi connectivity index (χ3v) is 3.08. The Kier molecular flexibility index (Phi) is 2.46. The average molecular weight is 208 g/mol. The normalized spacial score (nSPS) is 26.3. The molecule has 1 aliphatic heterocycles. The second-order valence-corrected chi connectivity index (χ2v) is 4.21. The van der Waals surface area contributed by atoms with Crippen LogP contribution in [0, 0.1) is 0 Å². The number of hydrogen-bond acceptors (Lipinski definition) is 4. The molecule has 4 heteroatoms. The molecule has 3 rings (SSSR count). The maximum Gasteiger partial charge on any atom is 0.214 e. The highest BCUT2D eigenvalue weighted by Crippen LogP contribution is 2.25. The van der Waals surface area contributed by atoms with Crippen molar-refractivity contribution in [3.8, 4) is 0 Å². The maximum absolute atomic E-state index is 5.79. The summed E-state index contributed by atoms with van der Waals surface area (Å²) in [7, 11) is 0. The van der Waals surface area contributed by atoms with Crippen LogP contribution in [0.2, 0.25) is 0 Å². The van der Waals surface area contributed by atoms with Crippen molar-refractivity contribution in [2.24, 2.45) is 0 Å². The summed E-state index contributed by atoms with van der Waals surface area (Å²) in [5.74, 6) is 1.92. The van der Waals surface area contributed by atoms with Crippen molar-refractivity contribution in [1.82, 2.24) is 10.3 Å². The fraction of sp³-hybridized carbons (Fsp3) is 0.727. The highest BCUT2D eigenvalue weighted by Gasteiger charge is 2.24. The van der Waals surface area contributed by atoms with Crippen LogP contribution in [-0.2, 0) is 17.6 Å². The molecule has 1 aliphatic carbocycles. The molecule has 0 saturated carbocycles. The molecular weight excluding hydrogens is 192 g/mol. The van der Waals surface area contributed by atoms with Gasteiger partial charge in [0.25, 0.3) is 0 Å². The molecule has 1 saturated heterocycles.